The highest BCUT2D eigenvalue weighted by Gasteiger charge is 2.17. The summed E-state index contributed by atoms with van der Waals surface area (Å²) in [6, 6.07) is 9.64. The van der Waals surface area contributed by atoms with Gasteiger partial charge >= 0.3 is 0 Å². The van der Waals surface area contributed by atoms with Crippen LogP contribution in [-0.4, -0.2) is 23.9 Å². The highest BCUT2D eigenvalue weighted by molar-refractivity contribution is 6.22. The minimum Gasteiger partial charge on any atom is -0.384 e. The first-order chi connectivity index (χ1) is 8.31. The van der Waals surface area contributed by atoms with Gasteiger partial charge in [0, 0.05) is 13.5 Å². The second kappa shape index (κ2) is 5.80. The summed E-state index contributed by atoms with van der Waals surface area (Å²) in [5.74, 6) is 1.03. The van der Waals surface area contributed by atoms with Crippen LogP contribution in [0.5, 0.6) is 0 Å². The van der Waals surface area contributed by atoms with E-state index in [0.717, 1.165) is 5.56 Å². The van der Waals surface area contributed by atoms with Gasteiger partial charge in [-0.25, -0.2) is 0 Å². The quantitative estimate of drug-likeness (QED) is 0.768. The van der Waals surface area contributed by atoms with Crippen LogP contribution >= 0.6 is 11.6 Å². The molecule has 0 aliphatic carbocycles. The lowest BCUT2D eigenvalue weighted by atomic mass is 10.1. The molecule has 2 aromatic rings. The number of halogens is 1. The predicted molar refractivity (Wildman–Crippen MR) is 64.0 cm³/mol. The molecule has 90 valence electrons. The fraction of sp³-hybridized carbons (Fsp3) is 0.333. The van der Waals surface area contributed by atoms with E-state index in [1.54, 1.807) is 7.11 Å². The summed E-state index contributed by atoms with van der Waals surface area (Å²) in [6.07, 6.45) is 0.623. The first-order valence-corrected chi connectivity index (χ1v) is 5.75. The summed E-state index contributed by atoms with van der Waals surface area (Å²) in [4.78, 5) is 4.23. The minimum atomic E-state index is -0.403. The molecule has 0 fully saturated rings. The maximum absolute atomic E-state index is 6.25. The summed E-state index contributed by atoms with van der Waals surface area (Å²) in [5, 5.41) is 3.45. The number of rotatable bonds is 5. The van der Waals surface area contributed by atoms with Crippen molar-refractivity contribution in [2.75, 3.05) is 13.7 Å². The van der Waals surface area contributed by atoms with E-state index in [9.17, 15) is 0 Å². The zero-order valence-corrected chi connectivity index (χ0v) is 10.2. The van der Waals surface area contributed by atoms with Crippen LogP contribution in [0.15, 0.2) is 34.9 Å². The Hall–Kier alpha value is -1.39. The zero-order chi connectivity index (χ0) is 12.1. The molecule has 2 rings (SSSR count). The Balaban J connectivity index is 2.09. The number of hydrogen-bond donors (Lipinski definition) is 0. The molecule has 0 amide bonds. The molecule has 0 N–H and O–H groups in total. The Labute approximate surface area is 105 Å². The van der Waals surface area contributed by atoms with Crippen molar-refractivity contribution in [2.24, 2.45) is 0 Å². The van der Waals surface area contributed by atoms with Crippen molar-refractivity contribution in [3.05, 3.63) is 47.6 Å². The normalized spacial score (nSPS) is 12.6. The molecule has 4 nitrogen and oxygen atoms in total. The highest BCUT2D eigenvalue weighted by atomic mass is 35.5. The Bertz CT molecular complexity index is 459. The van der Waals surface area contributed by atoms with E-state index >= 15 is 0 Å². The summed E-state index contributed by atoms with van der Waals surface area (Å²) < 4.78 is 10.1. The Kier molecular flexibility index (Phi) is 4.12. The van der Waals surface area contributed by atoms with Gasteiger partial charge < -0.3 is 9.26 Å². The second-order valence-corrected chi connectivity index (χ2v) is 4.00. The largest absolute Gasteiger partial charge is 0.384 e. The van der Waals surface area contributed by atoms with Crippen LogP contribution in [0.25, 0.3) is 0 Å². The van der Waals surface area contributed by atoms with Crippen LogP contribution in [0.4, 0.5) is 0 Å². The molecule has 17 heavy (non-hydrogen) atoms. The first kappa shape index (κ1) is 12.1. The summed E-state index contributed by atoms with van der Waals surface area (Å²) in [7, 11) is 1.63. The molecule has 0 saturated carbocycles. The third-order valence-corrected chi connectivity index (χ3v) is 2.76. The average Bonchev–Trinajstić information content (AvgIpc) is 2.85. The SMILES string of the molecule is COCCc1noc(C(Cl)c2ccccc2)n1. The van der Waals surface area contributed by atoms with Gasteiger partial charge in [0.2, 0.25) is 5.89 Å². The highest BCUT2D eigenvalue weighted by Crippen LogP contribution is 2.26. The molecule has 0 bridgehead atoms. The van der Waals surface area contributed by atoms with Gasteiger partial charge in [0.1, 0.15) is 5.38 Å². The standard InChI is InChI=1S/C12H13ClN2O2/c1-16-8-7-10-14-12(17-15-10)11(13)9-5-3-2-4-6-9/h2-6,11H,7-8H2,1H3. The smallest absolute Gasteiger partial charge is 0.249 e. The molecule has 5 heteroatoms. The molecule has 1 heterocycles. The second-order valence-electron chi connectivity index (χ2n) is 3.56. The maximum atomic E-state index is 6.25. The van der Waals surface area contributed by atoms with E-state index in [4.69, 9.17) is 20.9 Å². The number of aromatic nitrogens is 2. The third kappa shape index (κ3) is 3.05. The van der Waals surface area contributed by atoms with Gasteiger partial charge in [0.25, 0.3) is 0 Å². The lowest BCUT2D eigenvalue weighted by Gasteiger charge is -2.03. The van der Waals surface area contributed by atoms with Crippen LogP contribution in [0.1, 0.15) is 22.7 Å². The summed E-state index contributed by atoms with van der Waals surface area (Å²) >= 11 is 6.25. The van der Waals surface area contributed by atoms with Crippen molar-refractivity contribution in [2.45, 2.75) is 11.8 Å². The van der Waals surface area contributed by atoms with Gasteiger partial charge in [-0.15, -0.1) is 11.6 Å². The van der Waals surface area contributed by atoms with Crippen molar-refractivity contribution < 1.29 is 9.26 Å². The molecule has 0 radical (unpaired) electrons. The molecule has 0 aliphatic rings. The number of ether oxygens (including phenoxy) is 1. The minimum absolute atomic E-state index is 0.403. The van der Waals surface area contributed by atoms with Gasteiger partial charge in [0.15, 0.2) is 5.82 Å². The van der Waals surface area contributed by atoms with E-state index in [1.807, 2.05) is 30.3 Å². The Morgan fingerprint density at radius 2 is 2.12 bits per heavy atom. The fourth-order valence-corrected chi connectivity index (χ4v) is 1.66. The number of methoxy groups -OCH3 is 1. The van der Waals surface area contributed by atoms with Crippen molar-refractivity contribution in [1.82, 2.24) is 10.1 Å². The number of nitrogens with zero attached hydrogens (tertiary/aromatic N) is 2. The van der Waals surface area contributed by atoms with Crippen molar-refractivity contribution >= 4 is 11.6 Å². The van der Waals surface area contributed by atoms with Crippen LogP contribution in [0.2, 0.25) is 0 Å². The van der Waals surface area contributed by atoms with Gasteiger partial charge in [0.05, 0.1) is 6.61 Å². The lowest BCUT2D eigenvalue weighted by Crippen LogP contribution is -1.97. The lowest BCUT2D eigenvalue weighted by molar-refractivity contribution is 0.199. The Morgan fingerprint density at radius 3 is 2.82 bits per heavy atom. The maximum Gasteiger partial charge on any atom is 0.249 e. The molecule has 1 unspecified atom stereocenters. The topological polar surface area (TPSA) is 48.2 Å². The first-order valence-electron chi connectivity index (χ1n) is 5.31. The van der Waals surface area contributed by atoms with Crippen LogP contribution in [-0.2, 0) is 11.2 Å². The number of hydrogen-bond acceptors (Lipinski definition) is 4. The van der Waals surface area contributed by atoms with Gasteiger partial charge in [-0.05, 0) is 5.56 Å². The van der Waals surface area contributed by atoms with Crippen LogP contribution < -0.4 is 0 Å². The van der Waals surface area contributed by atoms with Gasteiger partial charge in [-0.2, -0.15) is 4.98 Å². The van der Waals surface area contributed by atoms with E-state index < -0.39 is 5.38 Å². The molecule has 1 atom stereocenters. The van der Waals surface area contributed by atoms with Crippen molar-refractivity contribution in [3.63, 3.8) is 0 Å². The van der Waals surface area contributed by atoms with E-state index in [1.165, 1.54) is 0 Å². The van der Waals surface area contributed by atoms with Crippen LogP contribution in [0, 0.1) is 0 Å². The molecule has 0 saturated heterocycles. The average molecular weight is 253 g/mol. The van der Waals surface area contributed by atoms with Crippen molar-refractivity contribution in [3.8, 4) is 0 Å². The van der Waals surface area contributed by atoms with E-state index in [2.05, 4.69) is 10.1 Å². The summed E-state index contributed by atoms with van der Waals surface area (Å²) in [6.45, 7) is 0.567. The summed E-state index contributed by atoms with van der Waals surface area (Å²) in [5.41, 5.74) is 0.941. The van der Waals surface area contributed by atoms with E-state index in [0.29, 0.717) is 24.7 Å². The third-order valence-electron chi connectivity index (χ3n) is 2.32. The van der Waals surface area contributed by atoms with Gasteiger partial charge in [-0.3, -0.25) is 0 Å². The van der Waals surface area contributed by atoms with E-state index in [-0.39, 0.29) is 0 Å². The molecule has 1 aromatic heterocycles. The molecule has 0 aliphatic heterocycles. The monoisotopic (exact) mass is 252 g/mol. The Morgan fingerprint density at radius 1 is 1.35 bits per heavy atom. The predicted octanol–water partition coefficient (Wildman–Crippen LogP) is 2.59. The zero-order valence-electron chi connectivity index (χ0n) is 9.47. The molecule has 0 spiro atoms. The fourth-order valence-electron chi connectivity index (χ4n) is 1.43. The van der Waals surface area contributed by atoms with Crippen LogP contribution in [0.3, 0.4) is 0 Å². The number of benzene rings is 1. The molecular weight excluding hydrogens is 240 g/mol. The van der Waals surface area contributed by atoms with Gasteiger partial charge in [-0.1, -0.05) is 35.5 Å². The number of alkyl halides is 1. The molecular formula is C12H13ClN2O2. The van der Waals surface area contributed by atoms with Crippen molar-refractivity contribution in [1.29, 1.82) is 0 Å². The molecule has 1 aromatic carbocycles.